The predicted molar refractivity (Wildman–Crippen MR) is 177 cm³/mol. The van der Waals surface area contributed by atoms with Crippen LogP contribution in [0, 0.1) is 5.92 Å². The third kappa shape index (κ3) is 8.05. The highest BCUT2D eigenvalue weighted by atomic mass is 16.5. The molecule has 240 valence electrons. The SMILES string of the molecule is C[C@@H]1CN([C@@H](C)CO)C(=O)Cc2cc(NC(=O)NC3CCCCC3)ccc2O[C@H]1CN(C)C(=O)Nc1cccc2ccccc12. The van der Waals surface area contributed by atoms with Gasteiger partial charge in [0.15, 0.2) is 0 Å². The van der Waals surface area contributed by atoms with Crippen molar-refractivity contribution in [3.63, 3.8) is 0 Å². The Morgan fingerprint density at radius 1 is 1.04 bits per heavy atom. The van der Waals surface area contributed by atoms with Gasteiger partial charge in [0.2, 0.25) is 5.91 Å². The molecule has 5 rings (SSSR count). The summed E-state index contributed by atoms with van der Waals surface area (Å²) in [5, 5.41) is 21.0. The van der Waals surface area contributed by atoms with Gasteiger partial charge in [-0.1, -0.05) is 62.6 Å². The molecule has 1 fully saturated rings. The number of fused-ring (bicyclic) bond motifs is 2. The molecule has 3 aromatic carbocycles. The third-order valence-electron chi connectivity index (χ3n) is 8.95. The van der Waals surface area contributed by atoms with E-state index in [0.29, 0.717) is 23.5 Å². The number of likely N-dealkylation sites (N-methyl/N-ethyl adjacent to an activating group) is 1. The van der Waals surface area contributed by atoms with E-state index >= 15 is 0 Å². The monoisotopic (exact) mass is 615 g/mol. The number of urea groups is 2. The van der Waals surface area contributed by atoms with Crippen LogP contribution in [-0.2, 0) is 11.2 Å². The fraction of sp³-hybridized carbons (Fsp3) is 0.457. The molecule has 0 unspecified atom stereocenters. The van der Waals surface area contributed by atoms with E-state index in [1.807, 2.05) is 56.3 Å². The normalized spacial score (nSPS) is 19.7. The Hall–Kier alpha value is -4.31. The number of amides is 5. The molecular formula is C35H45N5O5. The molecule has 1 heterocycles. The highest BCUT2D eigenvalue weighted by Gasteiger charge is 2.32. The molecular weight excluding hydrogens is 570 g/mol. The van der Waals surface area contributed by atoms with Crippen LogP contribution in [-0.4, -0.2) is 77.8 Å². The smallest absolute Gasteiger partial charge is 0.321 e. The van der Waals surface area contributed by atoms with Crippen molar-refractivity contribution in [2.24, 2.45) is 5.92 Å². The largest absolute Gasteiger partial charge is 0.488 e. The zero-order chi connectivity index (χ0) is 31.9. The van der Waals surface area contributed by atoms with E-state index in [2.05, 4.69) is 16.0 Å². The second-order valence-electron chi connectivity index (χ2n) is 12.5. The number of ether oxygens (including phenoxy) is 1. The number of hydrogen-bond donors (Lipinski definition) is 4. The van der Waals surface area contributed by atoms with E-state index in [9.17, 15) is 19.5 Å². The Kier molecular flexibility index (Phi) is 10.4. The minimum absolute atomic E-state index is 0.0519. The average molecular weight is 616 g/mol. The first-order chi connectivity index (χ1) is 21.7. The number of carbonyl (C=O) groups is 3. The van der Waals surface area contributed by atoms with E-state index in [-0.39, 0.29) is 49.5 Å². The van der Waals surface area contributed by atoms with E-state index in [4.69, 9.17) is 4.74 Å². The fourth-order valence-corrected chi connectivity index (χ4v) is 6.22. The summed E-state index contributed by atoms with van der Waals surface area (Å²) in [6, 6.07) is 18.2. The van der Waals surface area contributed by atoms with Crippen molar-refractivity contribution in [1.82, 2.24) is 15.1 Å². The molecule has 2 aliphatic rings. The molecule has 45 heavy (non-hydrogen) atoms. The summed E-state index contributed by atoms with van der Waals surface area (Å²) in [5.41, 5.74) is 1.92. The third-order valence-corrected chi connectivity index (χ3v) is 8.95. The number of aliphatic hydroxyl groups is 1. The van der Waals surface area contributed by atoms with E-state index < -0.39 is 12.1 Å². The van der Waals surface area contributed by atoms with Gasteiger partial charge in [-0.25, -0.2) is 9.59 Å². The van der Waals surface area contributed by atoms with Gasteiger partial charge in [0.25, 0.3) is 0 Å². The second-order valence-corrected chi connectivity index (χ2v) is 12.5. The molecule has 4 N–H and O–H groups in total. The molecule has 0 radical (unpaired) electrons. The first-order valence-electron chi connectivity index (χ1n) is 16.0. The Morgan fingerprint density at radius 2 is 1.80 bits per heavy atom. The van der Waals surface area contributed by atoms with Crippen molar-refractivity contribution in [1.29, 1.82) is 0 Å². The van der Waals surface area contributed by atoms with Gasteiger partial charge < -0.3 is 35.6 Å². The fourth-order valence-electron chi connectivity index (χ4n) is 6.22. The topological polar surface area (TPSA) is 123 Å². The molecule has 1 aliphatic carbocycles. The van der Waals surface area contributed by atoms with Gasteiger partial charge in [0, 0.05) is 42.2 Å². The highest BCUT2D eigenvalue weighted by Crippen LogP contribution is 2.30. The quantitative estimate of drug-likeness (QED) is 0.275. The first kappa shape index (κ1) is 32.1. The number of benzene rings is 3. The van der Waals surface area contributed by atoms with Gasteiger partial charge in [0.1, 0.15) is 11.9 Å². The van der Waals surface area contributed by atoms with Gasteiger partial charge in [-0.15, -0.1) is 0 Å². The van der Waals surface area contributed by atoms with Crippen molar-refractivity contribution in [2.75, 3.05) is 37.4 Å². The Labute approximate surface area is 265 Å². The number of nitrogens with zero attached hydrogens (tertiary/aromatic N) is 2. The molecule has 3 aromatic rings. The maximum Gasteiger partial charge on any atom is 0.321 e. The van der Waals surface area contributed by atoms with Crippen molar-refractivity contribution < 1.29 is 24.2 Å². The van der Waals surface area contributed by atoms with Gasteiger partial charge in [-0.2, -0.15) is 0 Å². The maximum atomic E-state index is 13.6. The van der Waals surface area contributed by atoms with Gasteiger partial charge in [-0.3, -0.25) is 4.79 Å². The predicted octanol–water partition coefficient (Wildman–Crippen LogP) is 5.61. The molecule has 0 aromatic heterocycles. The van der Waals surface area contributed by atoms with Crippen LogP contribution in [0.4, 0.5) is 21.0 Å². The number of rotatable bonds is 7. The average Bonchev–Trinajstić information content (AvgIpc) is 3.08. The minimum atomic E-state index is -0.459. The molecule has 3 atom stereocenters. The number of hydrogen-bond acceptors (Lipinski definition) is 5. The molecule has 5 amide bonds. The van der Waals surface area contributed by atoms with Crippen molar-refractivity contribution in [2.45, 2.75) is 70.6 Å². The molecule has 0 saturated heterocycles. The molecule has 0 bridgehead atoms. The first-order valence-corrected chi connectivity index (χ1v) is 16.0. The zero-order valence-electron chi connectivity index (χ0n) is 26.4. The van der Waals surface area contributed by atoms with Crippen molar-refractivity contribution in [3.05, 3.63) is 66.2 Å². The second kappa shape index (κ2) is 14.6. The minimum Gasteiger partial charge on any atom is -0.488 e. The molecule has 10 heteroatoms. The lowest BCUT2D eigenvalue weighted by atomic mass is 9.96. The van der Waals surface area contributed by atoms with E-state index in [0.717, 1.165) is 42.1 Å². The molecule has 1 aliphatic heterocycles. The van der Waals surface area contributed by atoms with Crippen LogP contribution in [0.25, 0.3) is 10.8 Å². The lowest BCUT2D eigenvalue weighted by Gasteiger charge is -2.34. The Bertz CT molecular complexity index is 1500. The number of nitrogens with one attached hydrogen (secondary N) is 3. The van der Waals surface area contributed by atoms with Crippen LogP contribution in [0.3, 0.4) is 0 Å². The molecule has 10 nitrogen and oxygen atoms in total. The summed E-state index contributed by atoms with van der Waals surface area (Å²) < 4.78 is 6.57. The maximum absolute atomic E-state index is 13.6. The number of anilines is 2. The number of carbonyl (C=O) groups excluding carboxylic acids is 3. The highest BCUT2D eigenvalue weighted by molar-refractivity contribution is 6.01. The van der Waals surface area contributed by atoms with E-state index in [1.54, 1.807) is 35.0 Å². The number of aliphatic hydroxyl groups excluding tert-OH is 1. The lowest BCUT2D eigenvalue weighted by Crippen LogP contribution is -2.48. The molecule has 0 spiro atoms. The summed E-state index contributed by atoms with van der Waals surface area (Å²) >= 11 is 0. The Morgan fingerprint density at radius 3 is 2.58 bits per heavy atom. The van der Waals surface area contributed by atoms with Crippen molar-refractivity contribution in [3.8, 4) is 5.75 Å². The van der Waals surface area contributed by atoms with Crippen LogP contribution in [0.2, 0.25) is 0 Å². The van der Waals surface area contributed by atoms with Gasteiger partial charge >= 0.3 is 12.1 Å². The summed E-state index contributed by atoms with van der Waals surface area (Å²) in [7, 11) is 1.72. The van der Waals surface area contributed by atoms with Crippen molar-refractivity contribution >= 4 is 40.1 Å². The lowest BCUT2D eigenvalue weighted by molar-refractivity contribution is -0.134. The van der Waals surface area contributed by atoms with Gasteiger partial charge in [0.05, 0.1) is 31.3 Å². The van der Waals surface area contributed by atoms with E-state index in [1.165, 1.54) is 6.42 Å². The van der Waals surface area contributed by atoms with Crippen LogP contribution in [0.1, 0.15) is 51.5 Å². The van der Waals surface area contributed by atoms with Crippen LogP contribution in [0.15, 0.2) is 60.7 Å². The summed E-state index contributed by atoms with van der Waals surface area (Å²) in [6.07, 6.45) is 4.99. The summed E-state index contributed by atoms with van der Waals surface area (Å²) in [4.78, 5) is 43.0. The van der Waals surface area contributed by atoms with Crippen LogP contribution < -0.4 is 20.7 Å². The summed E-state index contributed by atoms with van der Waals surface area (Å²) in [6.45, 7) is 4.25. The standard InChI is InChI=1S/C35H45N5O5/c1-23-20-40(24(2)22-41)33(42)19-26-18-28(37-34(43)36-27-12-5-4-6-13-27)16-17-31(26)45-32(23)21-39(3)35(44)38-30-15-9-11-25-10-7-8-14-29(25)30/h7-11,14-18,23-24,27,32,41H,4-6,12-13,19-22H2,1-3H3,(H,38,44)(H2,36,37,43)/t23-,24+,32+/m1/s1. The zero-order valence-corrected chi connectivity index (χ0v) is 26.4. The Balaban J connectivity index is 1.34. The van der Waals surface area contributed by atoms with Gasteiger partial charge in [-0.05, 0) is 49.4 Å². The molecule has 1 saturated carbocycles. The van der Waals surface area contributed by atoms with Crippen LogP contribution >= 0.6 is 0 Å². The van der Waals surface area contributed by atoms with Crippen LogP contribution in [0.5, 0.6) is 5.75 Å². The summed E-state index contributed by atoms with van der Waals surface area (Å²) in [5.74, 6) is 0.223.